The first-order chi connectivity index (χ1) is 10.5. The number of aryl methyl sites for hydroxylation is 4. The van der Waals surface area contributed by atoms with Crippen LogP contribution in [0.5, 0.6) is 0 Å². The summed E-state index contributed by atoms with van der Waals surface area (Å²) in [6.07, 6.45) is 5.82. The van der Waals surface area contributed by atoms with E-state index in [2.05, 4.69) is 44.3 Å². The Hall–Kier alpha value is -2.37. The smallest absolute Gasteiger partial charge is 0.0951 e. The molecule has 6 nitrogen and oxygen atoms in total. The van der Waals surface area contributed by atoms with Crippen molar-refractivity contribution in [1.29, 1.82) is 0 Å². The van der Waals surface area contributed by atoms with E-state index in [0.717, 1.165) is 29.2 Å². The minimum Gasteiger partial charge on any atom is -0.328 e. The number of hydrogen-bond donors (Lipinski definition) is 0. The van der Waals surface area contributed by atoms with E-state index in [-0.39, 0.29) is 6.04 Å². The van der Waals surface area contributed by atoms with Crippen molar-refractivity contribution in [2.75, 3.05) is 0 Å². The van der Waals surface area contributed by atoms with E-state index in [9.17, 15) is 0 Å². The van der Waals surface area contributed by atoms with Crippen molar-refractivity contribution in [2.45, 2.75) is 40.3 Å². The van der Waals surface area contributed by atoms with E-state index < -0.39 is 0 Å². The van der Waals surface area contributed by atoms with Gasteiger partial charge in [-0.25, -0.2) is 4.98 Å². The molecule has 0 fully saturated rings. The maximum atomic E-state index is 4.58. The number of hydrogen-bond acceptors (Lipinski definition) is 3. The van der Waals surface area contributed by atoms with Gasteiger partial charge >= 0.3 is 0 Å². The van der Waals surface area contributed by atoms with Crippen LogP contribution in [0, 0.1) is 20.8 Å². The molecule has 0 amide bonds. The average Bonchev–Trinajstić information content (AvgIpc) is 3.09. The van der Waals surface area contributed by atoms with E-state index in [4.69, 9.17) is 0 Å². The van der Waals surface area contributed by atoms with Crippen LogP contribution < -0.4 is 0 Å². The Morgan fingerprint density at radius 3 is 2.55 bits per heavy atom. The third-order valence-corrected chi connectivity index (χ3v) is 3.92. The van der Waals surface area contributed by atoms with Crippen LogP contribution >= 0.6 is 0 Å². The van der Waals surface area contributed by atoms with Crippen LogP contribution in [0.1, 0.15) is 30.0 Å². The molecule has 0 aliphatic heterocycles. The van der Waals surface area contributed by atoms with Gasteiger partial charge in [-0.05, 0) is 33.8 Å². The summed E-state index contributed by atoms with van der Waals surface area (Å²) in [7, 11) is 1.94. The van der Waals surface area contributed by atoms with Crippen LogP contribution in [0.2, 0.25) is 0 Å². The minimum atomic E-state index is 0.263. The molecule has 0 spiro atoms. The van der Waals surface area contributed by atoms with E-state index >= 15 is 0 Å². The highest BCUT2D eigenvalue weighted by molar-refractivity contribution is 5.60. The SMILES string of the molecule is Cc1cc(C)n([C@H](C)Cn2cncc2-c2cn(C)nc2C)n1. The van der Waals surface area contributed by atoms with Gasteiger partial charge in [-0.1, -0.05) is 0 Å². The van der Waals surface area contributed by atoms with Gasteiger partial charge in [0.1, 0.15) is 0 Å². The lowest BCUT2D eigenvalue weighted by molar-refractivity contribution is 0.418. The third kappa shape index (κ3) is 2.56. The molecule has 0 saturated heterocycles. The summed E-state index contributed by atoms with van der Waals surface area (Å²) >= 11 is 0. The molecular formula is C16H22N6. The largest absolute Gasteiger partial charge is 0.328 e. The Labute approximate surface area is 130 Å². The zero-order valence-corrected chi connectivity index (χ0v) is 13.8. The molecule has 0 radical (unpaired) electrons. The highest BCUT2D eigenvalue weighted by Crippen LogP contribution is 2.24. The van der Waals surface area contributed by atoms with Crippen molar-refractivity contribution in [3.8, 4) is 11.3 Å². The molecule has 116 valence electrons. The first kappa shape index (κ1) is 14.6. The second-order valence-electron chi connectivity index (χ2n) is 5.95. The van der Waals surface area contributed by atoms with Crippen molar-refractivity contribution in [3.05, 3.63) is 41.9 Å². The van der Waals surface area contributed by atoms with Crippen LogP contribution in [0.3, 0.4) is 0 Å². The van der Waals surface area contributed by atoms with Gasteiger partial charge < -0.3 is 4.57 Å². The molecule has 0 N–H and O–H groups in total. The van der Waals surface area contributed by atoms with E-state index in [0.29, 0.717) is 0 Å². The van der Waals surface area contributed by atoms with Gasteiger partial charge in [0.05, 0.1) is 35.6 Å². The summed E-state index contributed by atoms with van der Waals surface area (Å²) in [5.74, 6) is 0. The molecule has 0 unspecified atom stereocenters. The number of nitrogens with zero attached hydrogens (tertiary/aromatic N) is 6. The van der Waals surface area contributed by atoms with E-state index in [1.165, 1.54) is 5.69 Å². The minimum absolute atomic E-state index is 0.263. The van der Waals surface area contributed by atoms with Gasteiger partial charge in [-0.15, -0.1) is 0 Å². The molecule has 22 heavy (non-hydrogen) atoms. The fraction of sp³-hybridized carbons (Fsp3) is 0.438. The molecule has 0 saturated carbocycles. The zero-order valence-electron chi connectivity index (χ0n) is 13.8. The average molecular weight is 298 g/mol. The number of rotatable bonds is 4. The highest BCUT2D eigenvalue weighted by atomic mass is 15.3. The van der Waals surface area contributed by atoms with Gasteiger partial charge in [0.2, 0.25) is 0 Å². The van der Waals surface area contributed by atoms with E-state index in [1.807, 2.05) is 44.3 Å². The molecule has 3 aromatic rings. The molecular weight excluding hydrogens is 276 g/mol. The highest BCUT2D eigenvalue weighted by Gasteiger charge is 2.15. The Morgan fingerprint density at radius 1 is 1.18 bits per heavy atom. The van der Waals surface area contributed by atoms with Crippen LogP contribution in [0.15, 0.2) is 24.8 Å². The number of imidazole rings is 1. The predicted molar refractivity (Wildman–Crippen MR) is 85.6 cm³/mol. The first-order valence-corrected chi connectivity index (χ1v) is 7.49. The van der Waals surface area contributed by atoms with Crippen molar-refractivity contribution < 1.29 is 0 Å². The lowest BCUT2D eigenvalue weighted by atomic mass is 10.2. The Morgan fingerprint density at radius 2 is 1.95 bits per heavy atom. The Kier molecular flexibility index (Phi) is 3.60. The fourth-order valence-electron chi connectivity index (χ4n) is 3.00. The second kappa shape index (κ2) is 5.44. The van der Waals surface area contributed by atoms with Crippen LogP contribution in [-0.4, -0.2) is 29.1 Å². The van der Waals surface area contributed by atoms with E-state index in [1.54, 1.807) is 0 Å². The van der Waals surface area contributed by atoms with Crippen molar-refractivity contribution in [1.82, 2.24) is 29.1 Å². The van der Waals surface area contributed by atoms with Gasteiger partial charge in [-0.3, -0.25) is 9.36 Å². The van der Waals surface area contributed by atoms with Crippen molar-refractivity contribution in [2.24, 2.45) is 7.05 Å². The fourth-order valence-corrected chi connectivity index (χ4v) is 3.00. The van der Waals surface area contributed by atoms with Gasteiger partial charge in [-0.2, -0.15) is 10.2 Å². The van der Waals surface area contributed by atoms with Crippen molar-refractivity contribution in [3.63, 3.8) is 0 Å². The summed E-state index contributed by atoms with van der Waals surface area (Å²) in [4.78, 5) is 4.32. The Balaban J connectivity index is 1.90. The van der Waals surface area contributed by atoms with Crippen LogP contribution in [0.25, 0.3) is 11.3 Å². The predicted octanol–water partition coefficient (Wildman–Crippen LogP) is 2.67. The summed E-state index contributed by atoms with van der Waals surface area (Å²) in [6, 6.07) is 2.37. The summed E-state index contributed by atoms with van der Waals surface area (Å²) < 4.78 is 6.09. The van der Waals surface area contributed by atoms with Crippen LogP contribution in [0.4, 0.5) is 0 Å². The lowest BCUT2D eigenvalue weighted by Crippen LogP contribution is -2.15. The van der Waals surface area contributed by atoms with Gasteiger partial charge in [0, 0.05) is 31.0 Å². The molecule has 3 heterocycles. The second-order valence-corrected chi connectivity index (χ2v) is 5.95. The quantitative estimate of drug-likeness (QED) is 0.744. The standard InChI is InChI=1S/C16H22N6/c1-11-6-12(2)22(18-11)13(3)8-21-10-17-7-16(21)15-9-20(5)19-14(15)4/h6-7,9-10,13H,8H2,1-5H3/t13-/m1/s1. The van der Waals surface area contributed by atoms with Crippen molar-refractivity contribution >= 4 is 0 Å². The molecule has 3 aromatic heterocycles. The normalized spacial score (nSPS) is 12.8. The number of aromatic nitrogens is 6. The summed E-state index contributed by atoms with van der Waals surface area (Å²) in [5, 5.41) is 9.00. The van der Waals surface area contributed by atoms with Gasteiger partial charge in [0.15, 0.2) is 0 Å². The monoisotopic (exact) mass is 298 g/mol. The summed E-state index contributed by atoms with van der Waals surface area (Å²) in [5.41, 5.74) is 5.48. The molecule has 6 heteroatoms. The summed E-state index contributed by atoms with van der Waals surface area (Å²) in [6.45, 7) is 9.15. The topological polar surface area (TPSA) is 53.5 Å². The van der Waals surface area contributed by atoms with Gasteiger partial charge in [0.25, 0.3) is 0 Å². The third-order valence-electron chi connectivity index (χ3n) is 3.92. The molecule has 0 bridgehead atoms. The molecule has 0 aliphatic carbocycles. The molecule has 3 rings (SSSR count). The molecule has 0 aromatic carbocycles. The Bertz CT molecular complexity index is 792. The first-order valence-electron chi connectivity index (χ1n) is 7.49. The van der Waals surface area contributed by atoms with Crippen LogP contribution in [-0.2, 0) is 13.6 Å². The molecule has 1 atom stereocenters. The maximum absolute atomic E-state index is 4.58. The maximum Gasteiger partial charge on any atom is 0.0951 e. The molecule has 0 aliphatic rings. The zero-order chi connectivity index (χ0) is 15.9. The lowest BCUT2D eigenvalue weighted by Gasteiger charge is -2.16.